The molecule has 5 aromatic rings. The van der Waals surface area contributed by atoms with Crippen molar-refractivity contribution in [1.82, 2.24) is 24.4 Å². The quantitative estimate of drug-likeness (QED) is 0.233. The molecule has 3 aromatic heterocycles. The van der Waals surface area contributed by atoms with E-state index < -0.39 is 11.7 Å². The molecule has 0 saturated heterocycles. The Hall–Kier alpha value is -4.49. The maximum absolute atomic E-state index is 13.7. The molecule has 0 aliphatic heterocycles. The Morgan fingerprint density at radius 1 is 1.02 bits per heavy atom. The van der Waals surface area contributed by atoms with Crippen molar-refractivity contribution in [2.75, 3.05) is 27.7 Å². The second kappa shape index (κ2) is 10.2. The number of rotatable bonds is 7. The SMILES string of the molecule is Cc1c(-c2ccnn2-c2ccc(C#N)cc2)cn2nc(CCC[N+](C)(C)C)nc2c1-c1cccc(C(F)(F)F)c1. The van der Waals surface area contributed by atoms with E-state index in [1.165, 1.54) is 6.07 Å². The molecule has 0 aliphatic rings. The highest BCUT2D eigenvalue weighted by atomic mass is 19.4. The van der Waals surface area contributed by atoms with Crippen LogP contribution in [0.15, 0.2) is 67.0 Å². The van der Waals surface area contributed by atoms with Crippen LogP contribution in [0.5, 0.6) is 0 Å². The first-order valence-corrected chi connectivity index (χ1v) is 12.9. The van der Waals surface area contributed by atoms with Gasteiger partial charge in [-0.15, -0.1) is 0 Å². The first-order chi connectivity index (χ1) is 18.9. The van der Waals surface area contributed by atoms with E-state index >= 15 is 0 Å². The average Bonchev–Trinajstić information content (AvgIpc) is 3.54. The van der Waals surface area contributed by atoms with Crippen molar-refractivity contribution >= 4 is 5.65 Å². The Labute approximate surface area is 230 Å². The summed E-state index contributed by atoms with van der Waals surface area (Å²) in [6.45, 7) is 2.82. The van der Waals surface area contributed by atoms with Gasteiger partial charge in [-0.05, 0) is 60.5 Å². The minimum atomic E-state index is -4.48. The van der Waals surface area contributed by atoms with Crippen LogP contribution in [0.2, 0.25) is 0 Å². The number of benzene rings is 2. The van der Waals surface area contributed by atoms with Crippen molar-refractivity contribution in [2.45, 2.75) is 25.9 Å². The van der Waals surface area contributed by atoms with Crippen molar-refractivity contribution < 1.29 is 17.7 Å². The summed E-state index contributed by atoms with van der Waals surface area (Å²) < 4.78 is 45.2. The van der Waals surface area contributed by atoms with E-state index in [0.717, 1.165) is 52.1 Å². The summed E-state index contributed by atoms with van der Waals surface area (Å²) in [5.41, 5.74) is 4.30. The molecule has 7 nitrogen and oxygen atoms in total. The van der Waals surface area contributed by atoms with Gasteiger partial charge in [0.2, 0.25) is 0 Å². The van der Waals surface area contributed by atoms with E-state index in [1.54, 1.807) is 45.7 Å². The number of fused-ring (bicyclic) bond motifs is 1. The molecule has 10 heteroatoms. The lowest BCUT2D eigenvalue weighted by molar-refractivity contribution is -0.870. The summed E-state index contributed by atoms with van der Waals surface area (Å²) in [5.74, 6) is 0.638. The van der Waals surface area contributed by atoms with E-state index in [9.17, 15) is 18.4 Å². The minimum Gasteiger partial charge on any atom is -0.331 e. The van der Waals surface area contributed by atoms with Crippen LogP contribution < -0.4 is 0 Å². The molecule has 0 atom stereocenters. The van der Waals surface area contributed by atoms with E-state index in [4.69, 9.17) is 10.1 Å². The lowest BCUT2D eigenvalue weighted by Crippen LogP contribution is -2.35. The second-order valence-electron chi connectivity index (χ2n) is 10.8. The highest BCUT2D eigenvalue weighted by molar-refractivity contribution is 5.86. The summed E-state index contributed by atoms with van der Waals surface area (Å²) in [5, 5.41) is 18.4. The van der Waals surface area contributed by atoms with Gasteiger partial charge in [-0.2, -0.15) is 28.6 Å². The van der Waals surface area contributed by atoms with E-state index in [-0.39, 0.29) is 0 Å². The van der Waals surface area contributed by atoms with Crippen LogP contribution in [0.25, 0.3) is 33.7 Å². The van der Waals surface area contributed by atoms with Crippen molar-refractivity contribution in [3.8, 4) is 34.1 Å². The van der Waals surface area contributed by atoms with Crippen molar-refractivity contribution in [3.63, 3.8) is 0 Å². The zero-order valence-corrected chi connectivity index (χ0v) is 22.7. The molecular formula is C30H29F3N7+. The summed E-state index contributed by atoms with van der Waals surface area (Å²) in [6.07, 6.45) is 0.567. The molecule has 0 radical (unpaired) electrons. The Kier molecular flexibility index (Phi) is 6.94. The molecular weight excluding hydrogens is 515 g/mol. The zero-order valence-electron chi connectivity index (χ0n) is 22.7. The summed E-state index contributed by atoms with van der Waals surface area (Å²) >= 11 is 0. The van der Waals surface area contributed by atoms with Gasteiger partial charge in [-0.25, -0.2) is 14.2 Å². The van der Waals surface area contributed by atoms with Crippen LogP contribution in [0.1, 0.15) is 28.9 Å². The molecule has 204 valence electrons. The average molecular weight is 545 g/mol. The minimum absolute atomic E-state index is 0.411. The summed E-state index contributed by atoms with van der Waals surface area (Å²) in [6, 6.07) is 16.3. The van der Waals surface area contributed by atoms with Crippen LogP contribution in [0.4, 0.5) is 13.2 Å². The topological polar surface area (TPSA) is 71.8 Å². The maximum Gasteiger partial charge on any atom is 0.416 e. The maximum atomic E-state index is 13.7. The van der Waals surface area contributed by atoms with Crippen LogP contribution >= 0.6 is 0 Å². The van der Waals surface area contributed by atoms with Gasteiger partial charge in [-0.3, -0.25) is 0 Å². The molecule has 0 N–H and O–H groups in total. The third kappa shape index (κ3) is 5.46. The van der Waals surface area contributed by atoms with Crippen LogP contribution in [-0.4, -0.2) is 56.5 Å². The van der Waals surface area contributed by atoms with E-state index in [1.807, 2.05) is 19.2 Å². The van der Waals surface area contributed by atoms with Gasteiger partial charge < -0.3 is 4.48 Å². The molecule has 0 fully saturated rings. The van der Waals surface area contributed by atoms with Crippen LogP contribution in [0.3, 0.4) is 0 Å². The first-order valence-electron chi connectivity index (χ1n) is 12.9. The Morgan fingerprint density at radius 2 is 1.77 bits per heavy atom. The highest BCUT2D eigenvalue weighted by Crippen LogP contribution is 2.38. The fourth-order valence-corrected chi connectivity index (χ4v) is 4.81. The lowest BCUT2D eigenvalue weighted by atomic mass is 9.95. The van der Waals surface area contributed by atoms with Crippen molar-refractivity contribution in [2.24, 2.45) is 0 Å². The Bertz CT molecular complexity index is 1720. The largest absolute Gasteiger partial charge is 0.416 e. The van der Waals surface area contributed by atoms with Crippen LogP contribution in [-0.2, 0) is 12.6 Å². The predicted octanol–water partition coefficient (Wildman–Crippen LogP) is 6.09. The van der Waals surface area contributed by atoms with Gasteiger partial charge in [0, 0.05) is 30.2 Å². The van der Waals surface area contributed by atoms with Gasteiger partial charge in [0.05, 0.1) is 62.5 Å². The number of nitrogens with zero attached hydrogens (tertiary/aromatic N) is 7. The fraction of sp³-hybridized carbons (Fsp3) is 0.267. The van der Waals surface area contributed by atoms with Gasteiger partial charge in [0.15, 0.2) is 11.5 Å². The standard InChI is InChI=1S/C30H29F3N7/c1-20-25(26-14-15-35-39(26)24-12-10-21(18-34)11-13-24)19-38-29(36-27(37-38)9-6-16-40(2,3)4)28(20)22-7-5-8-23(17-22)30(31,32)33/h5,7-8,10-15,17,19H,6,9,16H2,1-4H3/q+1. The molecule has 0 spiro atoms. The highest BCUT2D eigenvalue weighted by Gasteiger charge is 2.31. The molecule has 2 aromatic carbocycles. The predicted molar refractivity (Wildman–Crippen MR) is 147 cm³/mol. The number of alkyl halides is 3. The molecule has 0 amide bonds. The van der Waals surface area contributed by atoms with Crippen molar-refractivity contribution in [1.29, 1.82) is 5.26 Å². The van der Waals surface area contributed by atoms with E-state index in [2.05, 4.69) is 32.3 Å². The smallest absolute Gasteiger partial charge is 0.331 e. The second-order valence-corrected chi connectivity index (χ2v) is 10.8. The number of hydrogen-bond acceptors (Lipinski definition) is 4. The number of halogens is 3. The number of nitriles is 1. The zero-order chi connectivity index (χ0) is 28.7. The molecule has 0 bridgehead atoms. The molecule has 5 rings (SSSR count). The number of aryl methyl sites for hydroxylation is 1. The van der Waals surface area contributed by atoms with Gasteiger partial charge in [0.1, 0.15) is 0 Å². The molecule has 0 unspecified atom stereocenters. The first kappa shape index (κ1) is 27.1. The lowest BCUT2D eigenvalue weighted by Gasteiger charge is -2.23. The van der Waals surface area contributed by atoms with Gasteiger partial charge in [-0.1, -0.05) is 12.1 Å². The van der Waals surface area contributed by atoms with Crippen LogP contribution in [0, 0.1) is 18.3 Å². The number of quaternary nitrogens is 1. The molecule has 0 saturated carbocycles. The summed E-state index contributed by atoms with van der Waals surface area (Å²) in [7, 11) is 6.36. The monoisotopic (exact) mass is 544 g/mol. The third-order valence-corrected chi connectivity index (χ3v) is 6.80. The fourth-order valence-electron chi connectivity index (χ4n) is 4.81. The molecule has 40 heavy (non-hydrogen) atoms. The number of aromatic nitrogens is 5. The summed E-state index contributed by atoms with van der Waals surface area (Å²) in [4.78, 5) is 4.79. The third-order valence-electron chi connectivity index (χ3n) is 6.80. The number of pyridine rings is 1. The number of hydrogen-bond donors (Lipinski definition) is 0. The van der Waals surface area contributed by atoms with Crippen molar-refractivity contribution in [3.05, 3.63) is 89.5 Å². The van der Waals surface area contributed by atoms with Gasteiger partial charge in [0.25, 0.3) is 0 Å². The van der Waals surface area contributed by atoms with Gasteiger partial charge >= 0.3 is 6.18 Å². The Balaban J connectivity index is 1.69. The molecule has 3 heterocycles. The normalized spacial score (nSPS) is 12.2. The molecule has 0 aliphatic carbocycles. The Morgan fingerprint density at radius 3 is 2.45 bits per heavy atom. The van der Waals surface area contributed by atoms with E-state index in [0.29, 0.717) is 34.6 Å².